The lowest BCUT2D eigenvalue weighted by Gasteiger charge is -2.07. The first-order valence-electron chi connectivity index (χ1n) is 6.12. The van der Waals surface area contributed by atoms with Crippen molar-refractivity contribution >= 4 is 22.6 Å². The van der Waals surface area contributed by atoms with Gasteiger partial charge < -0.3 is 9.30 Å². The summed E-state index contributed by atoms with van der Waals surface area (Å²) >= 11 is 5.77. The Kier molecular flexibility index (Phi) is 4.58. The van der Waals surface area contributed by atoms with E-state index >= 15 is 0 Å². The van der Waals surface area contributed by atoms with E-state index in [-0.39, 0.29) is 5.88 Å². The van der Waals surface area contributed by atoms with Crippen LogP contribution < -0.4 is 4.74 Å². The van der Waals surface area contributed by atoms with E-state index in [2.05, 4.69) is 4.98 Å². The highest BCUT2D eigenvalue weighted by Crippen LogP contribution is 2.27. The summed E-state index contributed by atoms with van der Waals surface area (Å²) in [6.07, 6.45) is -1.57. The van der Waals surface area contributed by atoms with Crippen LogP contribution >= 0.6 is 11.6 Å². The third kappa shape index (κ3) is 2.97. The predicted octanol–water partition coefficient (Wildman–Crippen LogP) is 3.83. The SMILES string of the molecule is CCCOc1cccc2c1nc(CCl)n2CC(F)F. The number of para-hydroxylation sites is 1. The van der Waals surface area contributed by atoms with Crippen molar-refractivity contribution in [2.75, 3.05) is 6.61 Å². The van der Waals surface area contributed by atoms with Crippen molar-refractivity contribution in [3.05, 3.63) is 24.0 Å². The summed E-state index contributed by atoms with van der Waals surface area (Å²) in [4.78, 5) is 4.31. The highest BCUT2D eigenvalue weighted by atomic mass is 35.5. The number of rotatable bonds is 6. The Morgan fingerprint density at radius 1 is 1.42 bits per heavy atom. The molecule has 1 aromatic carbocycles. The first-order valence-corrected chi connectivity index (χ1v) is 6.65. The van der Waals surface area contributed by atoms with Crippen LogP contribution in [0.2, 0.25) is 0 Å². The molecule has 6 heteroatoms. The summed E-state index contributed by atoms with van der Waals surface area (Å²) in [7, 11) is 0. The van der Waals surface area contributed by atoms with Gasteiger partial charge in [0.1, 0.15) is 17.1 Å². The van der Waals surface area contributed by atoms with Crippen molar-refractivity contribution in [3.8, 4) is 5.75 Å². The molecule has 0 saturated heterocycles. The highest BCUT2D eigenvalue weighted by molar-refractivity contribution is 6.16. The highest BCUT2D eigenvalue weighted by Gasteiger charge is 2.16. The van der Waals surface area contributed by atoms with Crippen molar-refractivity contribution in [3.63, 3.8) is 0 Å². The average molecular weight is 289 g/mol. The number of ether oxygens (including phenoxy) is 1. The average Bonchev–Trinajstić information content (AvgIpc) is 2.74. The van der Waals surface area contributed by atoms with E-state index in [1.165, 1.54) is 4.57 Å². The Hall–Kier alpha value is -1.36. The molecule has 104 valence electrons. The van der Waals surface area contributed by atoms with Crippen LogP contribution in [0.5, 0.6) is 5.75 Å². The van der Waals surface area contributed by atoms with Crippen LogP contribution in [0.4, 0.5) is 8.78 Å². The molecule has 0 bridgehead atoms. The topological polar surface area (TPSA) is 27.1 Å². The molecule has 0 amide bonds. The third-order valence-electron chi connectivity index (χ3n) is 2.72. The molecule has 2 rings (SSSR count). The maximum atomic E-state index is 12.6. The number of nitrogens with zero attached hydrogens (tertiary/aromatic N) is 2. The van der Waals surface area contributed by atoms with Crippen molar-refractivity contribution in [1.29, 1.82) is 0 Å². The van der Waals surface area contributed by atoms with Crippen LogP contribution in [0, 0.1) is 0 Å². The Bertz CT molecular complexity index is 557. The first-order chi connectivity index (χ1) is 9.17. The minimum atomic E-state index is -2.44. The van der Waals surface area contributed by atoms with Gasteiger partial charge in [0.15, 0.2) is 0 Å². The molecule has 0 fully saturated rings. The van der Waals surface area contributed by atoms with Crippen molar-refractivity contribution < 1.29 is 13.5 Å². The summed E-state index contributed by atoms with van der Waals surface area (Å²) in [5, 5.41) is 0. The van der Waals surface area contributed by atoms with Crippen LogP contribution in [-0.2, 0) is 12.4 Å². The fourth-order valence-electron chi connectivity index (χ4n) is 1.94. The van der Waals surface area contributed by atoms with Gasteiger partial charge in [-0.2, -0.15) is 0 Å². The summed E-state index contributed by atoms with van der Waals surface area (Å²) < 4.78 is 32.3. The van der Waals surface area contributed by atoms with E-state index in [9.17, 15) is 8.78 Å². The number of hydrogen-bond acceptors (Lipinski definition) is 2. The molecule has 0 saturated carbocycles. The molecule has 0 aliphatic rings. The molecule has 0 aliphatic heterocycles. The van der Waals surface area contributed by atoms with Crippen molar-refractivity contribution in [2.45, 2.75) is 32.2 Å². The summed E-state index contributed by atoms with van der Waals surface area (Å²) in [5.41, 5.74) is 1.22. The number of halogens is 3. The molecule has 0 unspecified atom stereocenters. The minimum absolute atomic E-state index is 0.0919. The number of fused-ring (bicyclic) bond motifs is 1. The third-order valence-corrected chi connectivity index (χ3v) is 2.96. The zero-order valence-electron chi connectivity index (χ0n) is 10.6. The second kappa shape index (κ2) is 6.19. The van der Waals surface area contributed by atoms with E-state index in [1.807, 2.05) is 6.92 Å². The molecule has 0 atom stereocenters. The van der Waals surface area contributed by atoms with Gasteiger partial charge in [-0.3, -0.25) is 0 Å². The maximum absolute atomic E-state index is 12.6. The van der Waals surface area contributed by atoms with Crippen LogP contribution in [-0.4, -0.2) is 22.6 Å². The molecule has 19 heavy (non-hydrogen) atoms. The number of aromatic nitrogens is 2. The second-order valence-electron chi connectivity index (χ2n) is 4.14. The fraction of sp³-hybridized carbons (Fsp3) is 0.462. The number of benzene rings is 1. The van der Waals surface area contributed by atoms with Gasteiger partial charge in [0.2, 0.25) is 0 Å². The summed E-state index contributed by atoms with van der Waals surface area (Å²) in [6.45, 7) is 2.16. The van der Waals surface area contributed by atoms with Crippen LogP contribution in [0.3, 0.4) is 0 Å². The molecule has 0 aliphatic carbocycles. The quantitative estimate of drug-likeness (QED) is 0.755. The van der Waals surface area contributed by atoms with Gasteiger partial charge in [0, 0.05) is 0 Å². The molecule has 1 heterocycles. The summed E-state index contributed by atoms with van der Waals surface area (Å²) in [6, 6.07) is 5.31. The Morgan fingerprint density at radius 3 is 2.84 bits per heavy atom. The molecular formula is C13H15ClF2N2O. The minimum Gasteiger partial charge on any atom is -0.491 e. The normalized spacial score (nSPS) is 11.4. The van der Waals surface area contributed by atoms with E-state index in [1.54, 1.807) is 18.2 Å². The van der Waals surface area contributed by atoms with E-state index in [0.717, 1.165) is 6.42 Å². The summed E-state index contributed by atoms with van der Waals surface area (Å²) in [5.74, 6) is 1.14. The molecule has 0 N–H and O–H groups in total. The zero-order chi connectivity index (χ0) is 13.8. The molecular weight excluding hydrogens is 274 g/mol. The fourth-order valence-corrected chi connectivity index (χ4v) is 2.15. The number of hydrogen-bond donors (Lipinski definition) is 0. The van der Waals surface area contributed by atoms with Crippen molar-refractivity contribution in [2.24, 2.45) is 0 Å². The first kappa shape index (κ1) is 14.1. The molecule has 3 nitrogen and oxygen atoms in total. The lowest BCUT2D eigenvalue weighted by Crippen LogP contribution is -2.09. The molecule has 1 aromatic heterocycles. The van der Waals surface area contributed by atoms with Gasteiger partial charge >= 0.3 is 0 Å². The molecule has 0 spiro atoms. The monoisotopic (exact) mass is 288 g/mol. The zero-order valence-corrected chi connectivity index (χ0v) is 11.3. The maximum Gasteiger partial charge on any atom is 0.256 e. The van der Waals surface area contributed by atoms with E-state index < -0.39 is 13.0 Å². The Labute approximate surface area is 115 Å². The van der Waals surface area contributed by atoms with Gasteiger partial charge in [0.05, 0.1) is 24.5 Å². The van der Waals surface area contributed by atoms with Crippen LogP contribution in [0.1, 0.15) is 19.2 Å². The second-order valence-corrected chi connectivity index (χ2v) is 4.40. The predicted molar refractivity (Wildman–Crippen MR) is 71.1 cm³/mol. The lowest BCUT2D eigenvalue weighted by atomic mass is 10.3. The van der Waals surface area contributed by atoms with E-state index in [4.69, 9.17) is 16.3 Å². The van der Waals surface area contributed by atoms with Gasteiger partial charge in [-0.25, -0.2) is 13.8 Å². The molecule has 2 aromatic rings. The van der Waals surface area contributed by atoms with E-state index in [0.29, 0.717) is 29.2 Å². The lowest BCUT2D eigenvalue weighted by molar-refractivity contribution is 0.127. The van der Waals surface area contributed by atoms with Gasteiger partial charge in [-0.1, -0.05) is 13.0 Å². The van der Waals surface area contributed by atoms with Gasteiger partial charge in [-0.15, -0.1) is 11.6 Å². The number of alkyl halides is 3. The van der Waals surface area contributed by atoms with Crippen molar-refractivity contribution in [1.82, 2.24) is 9.55 Å². The van der Waals surface area contributed by atoms with Gasteiger partial charge in [-0.05, 0) is 18.6 Å². The van der Waals surface area contributed by atoms with Crippen LogP contribution in [0.15, 0.2) is 18.2 Å². The number of imidazole rings is 1. The standard InChI is InChI=1S/C13H15ClF2N2O/c1-2-6-19-10-5-3-4-9-13(10)17-12(7-14)18(9)8-11(15)16/h3-5,11H,2,6-8H2,1H3. The smallest absolute Gasteiger partial charge is 0.256 e. The van der Waals surface area contributed by atoms with Crippen LogP contribution in [0.25, 0.3) is 11.0 Å². The Balaban J connectivity index is 2.49. The van der Waals surface area contributed by atoms with Gasteiger partial charge in [0.25, 0.3) is 6.43 Å². The molecule has 0 radical (unpaired) electrons. The largest absolute Gasteiger partial charge is 0.491 e. The Morgan fingerprint density at radius 2 is 2.21 bits per heavy atom.